The molecular formula is C19H31N3O3. The zero-order valence-electron chi connectivity index (χ0n) is 15.9. The maximum atomic E-state index is 12.2. The van der Waals surface area contributed by atoms with Gasteiger partial charge in [0.25, 0.3) is 0 Å². The molecule has 2 aliphatic rings. The first-order valence-corrected chi connectivity index (χ1v) is 9.46. The van der Waals surface area contributed by atoms with Gasteiger partial charge < -0.3 is 14.8 Å². The molecule has 1 atom stereocenters. The molecule has 140 valence electrons. The van der Waals surface area contributed by atoms with Gasteiger partial charge in [-0.1, -0.05) is 6.92 Å². The largest absolute Gasteiger partial charge is 0.353 e. The molecule has 1 saturated carbocycles. The van der Waals surface area contributed by atoms with E-state index in [1.54, 1.807) is 0 Å². The van der Waals surface area contributed by atoms with E-state index in [-0.39, 0.29) is 17.8 Å². The minimum absolute atomic E-state index is 0.0285. The minimum atomic E-state index is -0.383. The predicted octanol–water partition coefficient (Wildman–Crippen LogP) is 2.41. The Morgan fingerprint density at radius 2 is 2.08 bits per heavy atom. The number of nitrogens with zero attached hydrogens (tertiary/aromatic N) is 2. The Morgan fingerprint density at radius 3 is 2.72 bits per heavy atom. The Kier molecular flexibility index (Phi) is 5.49. The molecule has 25 heavy (non-hydrogen) atoms. The quantitative estimate of drug-likeness (QED) is 0.886. The van der Waals surface area contributed by atoms with E-state index >= 15 is 0 Å². The van der Waals surface area contributed by atoms with E-state index in [0.29, 0.717) is 19.6 Å². The Morgan fingerprint density at radius 1 is 1.36 bits per heavy atom. The van der Waals surface area contributed by atoms with E-state index in [2.05, 4.69) is 17.3 Å². The third kappa shape index (κ3) is 4.23. The molecule has 2 heterocycles. The molecule has 1 aliphatic heterocycles. The van der Waals surface area contributed by atoms with Gasteiger partial charge in [-0.05, 0) is 44.6 Å². The summed E-state index contributed by atoms with van der Waals surface area (Å²) in [5.74, 6) is 0.437. The SMILES string of the molecule is Cc1nn(C)c(C)c1CCC(=O)NC[C@@H]1COC2(CCC(C)CC2)O1. The molecule has 3 rings (SSSR count). The van der Waals surface area contributed by atoms with Crippen LogP contribution in [0.1, 0.15) is 56.0 Å². The van der Waals surface area contributed by atoms with Crippen LogP contribution in [0.25, 0.3) is 0 Å². The molecule has 0 bridgehead atoms. The zero-order chi connectivity index (χ0) is 18.0. The summed E-state index contributed by atoms with van der Waals surface area (Å²) in [6, 6.07) is 0. The van der Waals surface area contributed by atoms with Crippen molar-refractivity contribution in [3.63, 3.8) is 0 Å². The van der Waals surface area contributed by atoms with Crippen LogP contribution in [-0.4, -0.2) is 40.7 Å². The van der Waals surface area contributed by atoms with Crippen molar-refractivity contribution in [2.24, 2.45) is 13.0 Å². The number of aryl methyl sites for hydroxylation is 2. The maximum Gasteiger partial charge on any atom is 0.220 e. The van der Waals surface area contributed by atoms with Gasteiger partial charge in [-0.25, -0.2) is 0 Å². The minimum Gasteiger partial charge on any atom is -0.353 e. The number of aromatic nitrogens is 2. The summed E-state index contributed by atoms with van der Waals surface area (Å²) in [5.41, 5.74) is 3.31. The van der Waals surface area contributed by atoms with Crippen molar-refractivity contribution in [1.29, 1.82) is 0 Å². The van der Waals surface area contributed by atoms with E-state index < -0.39 is 0 Å². The fraction of sp³-hybridized carbons (Fsp3) is 0.789. The van der Waals surface area contributed by atoms with E-state index in [1.165, 1.54) is 5.56 Å². The molecule has 6 heteroatoms. The first-order valence-electron chi connectivity index (χ1n) is 9.46. The Labute approximate surface area is 150 Å². The Balaban J connectivity index is 1.41. The van der Waals surface area contributed by atoms with Crippen LogP contribution in [0.3, 0.4) is 0 Å². The highest BCUT2D eigenvalue weighted by Gasteiger charge is 2.43. The molecule has 1 saturated heterocycles. The van der Waals surface area contributed by atoms with Gasteiger partial charge in [0.05, 0.1) is 12.3 Å². The van der Waals surface area contributed by atoms with Crippen LogP contribution < -0.4 is 5.32 Å². The molecule has 1 aromatic rings. The molecule has 2 fully saturated rings. The normalized spacial score (nSPS) is 29.3. The van der Waals surface area contributed by atoms with Crippen LogP contribution in [0.15, 0.2) is 0 Å². The van der Waals surface area contributed by atoms with Gasteiger partial charge in [-0.15, -0.1) is 0 Å². The highest BCUT2D eigenvalue weighted by atomic mass is 16.7. The highest BCUT2D eigenvalue weighted by molar-refractivity contribution is 5.76. The number of nitrogens with one attached hydrogen (secondary N) is 1. The second-order valence-electron chi connectivity index (χ2n) is 7.72. The zero-order valence-corrected chi connectivity index (χ0v) is 15.9. The van der Waals surface area contributed by atoms with E-state index in [1.807, 2.05) is 25.6 Å². The lowest BCUT2D eigenvalue weighted by molar-refractivity contribution is -0.191. The van der Waals surface area contributed by atoms with Crippen LogP contribution in [0.2, 0.25) is 0 Å². The average Bonchev–Trinajstić information content (AvgIpc) is 3.09. The molecule has 0 unspecified atom stereocenters. The first kappa shape index (κ1) is 18.4. The van der Waals surface area contributed by atoms with Crippen molar-refractivity contribution in [1.82, 2.24) is 15.1 Å². The fourth-order valence-corrected chi connectivity index (χ4v) is 3.92. The van der Waals surface area contributed by atoms with Gasteiger partial charge in [0.1, 0.15) is 6.10 Å². The third-order valence-corrected chi connectivity index (χ3v) is 5.74. The monoisotopic (exact) mass is 349 g/mol. The number of amides is 1. The lowest BCUT2D eigenvalue weighted by Gasteiger charge is -2.34. The maximum absolute atomic E-state index is 12.2. The number of rotatable bonds is 5. The summed E-state index contributed by atoms with van der Waals surface area (Å²) >= 11 is 0. The lowest BCUT2D eigenvalue weighted by atomic mass is 9.86. The molecule has 6 nitrogen and oxygen atoms in total. The molecule has 0 aromatic carbocycles. The van der Waals surface area contributed by atoms with Crippen LogP contribution >= 0.6 is 0 Å². The summed E-state index contributed by atoms with van der Waals surface area (Å²) in [6.07, 6.45) is 5.42. The summed E-state index contributed by atoms with van der Waals surface area (Å²) in [6.45, 7) is 7.43. The predicted molar refractivity (Wildman–Crippen MR) is 95.2 cm³/mol. The molecular weight excluding hydrogens is 318 g/mol. The van der Waals surface area contributed by atoms with Gasteiger partial charge in [0, 0.05) is 38.5 Å². The van der Waals surface area contributed by atoms with Gasteiger partial charge in [0.15, 0.2) is 5.79 Å². The summed E-state index contributed by atoms with van der Waals surface area (Å²) < 4.78 is 14.0. The number of carbonyl (C=O) groups excluding carboxylic acids is 1. The van der Waals surface area contributed by atoms with Gasteiger partial charge in [-0.3, -0.25) is 9.48 Å². The summed E-state index contributed by atoms with van der Waals surface area (Å²) in [4.78, 5) is 12.2. The molecule has 0 radical (unpaired) electrons. The van der Waals surface area contributed by atoms with Gasteiger partial charge in [0.2, 0.25) is 5.91 Å². The van der Waals surface area contributed by atoms with Gasteiger partial charge >= 0.3 is 0 Å². The third-order valence-electron chi connectivity index (χ3n) is 5.74. The molecule has 1 spiro atoms. The number of carbonyl (C=O) groups is 1. The van der Waals surface area contributed by atoms with E-state index in [9.17, 15) is 4.79 Å². The molecule has 1 aromatic heterocycles. The van der Waals surface area contributed by atoms with E-state index in [0.717, 1.165) is 49.4 Å². The van der Waals surface area contributed by atoms with Crippen molar-refractivity contribution >= 4 is 5.91 Å². The van der Waals surface area contributed by atoms with Crippen LogP contribution in [0.5, 0.6) is 0 Å². The van der Waals surface area contributed by atoms with Gasteiger partial charge in [-0.2, -0.15) is 5.10 Å². The topological polar surface area (TPSA) is 65.4 Å². The van der Waals surface area contributed by atoms with Crippen molar-refractivity contribution in [3.05, 3.63) is 17.0 Å². The smallest absolute Gasteiger partial charge is 0.220 e. The number of hydrogen-bond donors (Lipinski definition) is 1. The standard InChI is InChI=1S/C19H31N3O3/c1-13-7-9-19(10-8-13)24-12-16(25-19)11-20-18(23)6-5-17-14(2)21-22(4)15(17)3/h13,16H,5-12H2,1-4H3,(H,20,23)/t13?,16-,19?/m1/s1. The molecule has 1 aliphatic carbocycles. The highest BCUT2D eigenvalue weighted by Crippen LogP contribution is 2.39. The number of hydrogen-bond acceptors (Lipinski definition) is 4. The van der Waals surface area contributed by atoms with E-state index in [4.69, 9.17) is 9.47 Å². The van der Waals surface area contributed by atoms with Crippen LogP contribution in [-0.2, 0) is 27.7 Å². The van der Waals surface area contributed by atoms with Crippen molar-refractivity contribution in [2.75, 3.05) is 13.2 Å². The lowest BCUT2D eigenvalue weighted by Crippen LogP contribution is -2.38. The Hall–Kier alpha value is -1.40. The Bertz CT molecular complexity index is 618. The van der Waals surface area contributed by atoms with Crippen molar-refractivity contribution in [3.8, 4) is 0 Å². The molecule has 1 N–H and O–H groups in total. The second-order valence-corrected chi connectivity index (χ2v) is 7.72. The summed E-state index contributed by atoms with van der Waals surface area (Å²) in [5, 5.41) is 7.40. The summed E-state index contributed by atoms with van der Waals surface area (Å²) in [7, 11) is 1.94. The van der Waals surface area contributed by atoms with Crippen LogP contribution in [0, 0.1) is 19.8 Å². The number of ether oxygens (including phenoxy) is 2. The second kappa shape index (κ2) is 7.46. The fourth-order valence-electron chi connectivity index (χ4n) is 3.92. The van der Waals surface area contributed by atoms with Crippen LogP contribution in [0.4, 0.5) is 0 Å². The molecule has 1 amide bonds. The van der Waals surface area contributed by atoms with Crippen molar-refractivity contribution < 1.29 is 14.3 Å². The average molecular weight is 349 g/mol. The first-order chi connectivity index (χ1) is 11.9. The van der Waals surface area contributed by atoms with Crippen molar-refractivity contribution in [2.45, 2.75) is 71.2 Å².